The highest BCUT2D eigenvalue weighted by Crippen LogP contribution is 2.31. The monoisotopic (exact) mass is 361 g/mol. The fraction of sp³-hybridized carbons (Fsp3) is 0.100. The topological polar surface area (TPSA) is 123 Å². The Kier molecular flexibility index (Phi) is 4.85. The zero-order chi connectivity index (χ0) is 19.6. The first-order valence-corrected chi connectivity index (χ1v) is 8.28. The summed E-state index contributed by atoms with van der Waals surface area (Å²) >= 11 is 0. The Labute approximate surface area is 156 Å². The van der Waals surface area contributed by atoms with Gasteiger partial charge in [0.2, 0.25) is 5.91 Å². The maximum absolute atomic E-state index is 12.6. The van der Waals surface area contributed by atoms with E-state index in [4.69, 9.17) is 16.5 Å². The molecule has 5 N–H and O–H groups in total. The maximum atomic E-state index is 12.6. The molecule has 3 aromatic rings. The van der Waals surface area contributed by atoms with Crippen molar-refractivity contribution >= 4 is 34.4 Å². The molecule has 0 spiro atoms. The number of nitrogens with zero attached hydrogens (tertiary/aromatic N) is 2. The number of aliphatic imine (C=N–C) groups is 1. The van der Waals surface area contributed by atoms with E-state index in [-0.39, 0.29) is 11.9 Å². The van der Waals surface area contributed by atoms with Crippen LogP contribution in [-0.2, 0) is 4.79 Å². The molecular formula is C20H19N5O2. The zero-order valence-electron chi connectivity index (χ0n) is 15.0. The molecule has 136 valence electrons. The molecule has 0 fully saturated rings. The lowest BCUT2D eigenvalue weighted by atomic mass is 10.00. The van der Waals surface area contributed by atoms with Crippen LogP contribution in [0, 0.1) is 6.92 Å². The van der Waals surface area contributed by atoms with Crippen LogP contribution in [-0.4, -0.2) is 22.8 Å². The van der Waals surface area contributed by atoms with E-state index >= 15 is 0 Å². The van der Waals surface area contributed by atoms with Crippen LogP contribution in [0.15, 0.2) is 53.5 Å². The number of aromatic nitrogens is 1. The lowest BCUT2D eigenvalue weighted by molar-refractivity contribution is -0.114. The number of carbonyl (C=O) groups excluding carboxylic acids is 2. The Morgan fingerprint density at radius 1 is 1.07 bits per heavy atom. The van der Waals surface area contributed by atoms with Crippen molar-refractivity contribution in [1.29, 1.82) is 0 Å². The summed E-state index contributed by atoms with van der Waals surface area (Å²) in [4.78, 5) is 32.5. The number of para-hydroxylation sites is 1. The van der Waals surface area contributed by atoms with Gasteiger partial charge in [-0.15, -0.1) is 0 Å². The molecule has 2 amide bonds. The number of rotatable bonds is 3. The van der Waals surface area contributed by atoms with Crippen LogP contribution >= 0.6 is 0 Å². The van der Waals surface area contributed by atoms with Crippen molar-refractivity contribution in [1.82, 2.24) is 4.98 Å². The molecule has 1 heterocycles. The molecule has 7 nitrogen and oxygen atoms in total. The third-order valence-corrected chi connectivity index (χ3v) is 4.03. The van der Waals surface area contributed by atoms with Gasteiger partial charge in [-0.05, 0) is 24.6 Å². The minimum atomic E-state index is -0.572. The van der Waals surface area contributed by atoms with Crippen LogP contribution in [0.2, 0.25) is 0 Å². The fourth-order valence-electron chi connectivity index (χ4n) is 2.89. The van der Waals surface area contributed by atoms with Crippen LogP contribution in [0.4, 0.5) is 5.69 Å². The Morgan fingerprint density at radius 3 is 2.48 bits per heavy atom. The molecule has 1 aromatic heterocycles. The number of amides is 2. The average molecular weight is 361 g/mol. The van der Waals surface area contributed by atoms with Crippen molar-refractivity contribution in [2.75, 3.05) is 5.32 Å². The van der Waals surface area contributed by atoms with Crippen molar-refractivity contribution < 1.29 is 9.59 Å². The molecule has 3 rings (SSSR count). The highest BCUT2D eigenvalue weighted by atomic mass is 16.2. The van der Waals surface area contributed by atoms with Crippen LogP contribution in [0.3, 0.4) is 0 Å². The molecule has 0 saturated heterocycles. The molecule has 0 aliphatic carbocycles. The van der Waals surface area contributed by atoms with Crippen LogP contribution in [0.25, 0.3) is 22.2 Å². The summed E-state index contributed by atoms with van der Waals surface area (Å²) in [6.45, 7) is 3.37. The molecule has 0 atom stereocenters. The third-order valence-electron chi connectivity index (χ3n) is 4.03. The highest BCUT2D eigenvalue weighted by Gasteiger charge is 2.17. The van der Waals surface area contributed by atoms with E-state index < -0.39 is 5.91 Å². The van der Waals surface area contributed by atoms with Gasteiger partial charge in [0.15, 0.2) is 5.96 Å². The number of nitrogens with two attached hydrogens (primary N) is 2. The number of anilines is 1. The van der Waals surface area contributed by atoms with Crippen molar-refractivity contribution in [3.63, 3.8) is 0 Å². The van der Waals surface area contributed by atoms with Crippen molar-refractivity contribution in [3.8, 4) is 11.3 Å². The smallest absolute Gasteiger partial charge is 0.280 e. The van der Waals surface area contributed by atoms with E-state index in [0.717, 1.165) is 11.1 Å². The second-order valence-corrected chi connectivity index (χ2v) is 6.09. The summed E-state index contributed by atoms with van der Waals surface area (Å²) < 4.78 is 0. The number of nitrogens with one attached hydrogen (secondary N) is 1. The minimum Gasteiger partial charge on any atom is -0.370 e. The average Bonchev–Trinajstić information content (AvgIpc) is 2.60. The van der Waals surface area contributed by atoms with Crippen molar-refractivity contribution in [2.45, 2.75) is 13.8 Å². The molecular weight excluding hydrogens is 342 g/mol. The van der Waals surface area contributed by atoms with Gasteiger partial charge >= 0.3 is 0 Å². The predicted molar refractivity (Wildman–Crippen MR) is 106 cm³/mol. The van der Waals surface area contributed by atoms with E-state index in [1.807, 2.05) is 31.2 Å². The third kappa shape index (κ3) is 3.77. The van der Waals surface area contributed by atoms with Gasteiger partial charge in [-0.2, -0.15) is 4.99 Å². The number of fused-ring (bicyclic) bond motifs is 1. The van der Waals surface area contributed by atoms with Gasteiger partial charge in [-0.25, -0.2) is 4.98 Å². The number of carbonyl (C=O) groups is 2. The van der Waals surface area contributed by atoms with Gasteiger partial charge in [0.05, 0.1) is 22.5 Å². The van der Waals surface area contributed by atoms with E-state index in [1.165, 1.54) is 6.92 Å². The minimum absolute atomic E-state index is 0.234. The maximum Gasteiger partial charge on any atom is 0.280 e. The van der Waals surface area contributed by atoms with Crippen molar-refractivity contribution in [2.24, 2.45) is 16.5 Å². The summed E-state index contributed by atoms with van der Waals surface area (Å²) in [6.07, 6.45) is 0. The number of aryl methyl sites for hydroxylation is 1. The lowest BCUT2D eigenvalue weighted by Crippen LogP contribution is -2.24. The number of pyridine rings is 1. The van der Waals surface area contributed by atoms with Gasteiger partial charge in [-0.3, -0.25) is 9.59 Å². The van der Waals surface area contributed by atoms with Gasteiger partial charge < -0.3 is 16.8 Å². The molecule has 0 bridgehead atoms. The van der Waals surface area contributed by atoms with E-state index in [0.29, 0.717) is 27.8 Å². The van der Waals surface area contributed by atoms with Gasteiger partial charge in [-0.1, -0.05) is 36.4 Å². The largest absolute Gasteiger partial charge is 0.370 e. The van der Waals surface area contributed by atoms with Crippen LogP contribution in [0.1, 0.15) is 22.8 Å². The SMILES string of the molecule is CC(=O)Nc1cccc2c(C(=O)N=C(N)N)cc(-c3ccccc3C)nc12. The normalized spacial score (nSPS) is 10.4. The van der Waals surface area contributed by atoms with Gasteiger partial charge in [0.1, 0.15) is 0 Å². The Morgan fingerprint density at radius 2 is 1.81 bits per heavy atom. The highest BCUT2D eigenvalue weighted by molar-refractivity contribution is 6.13. The quantitative estimate of drug-likeness (QED) is 0.489. The van der Waals surface area contributed by atoms with Gasteiger partial charge in [0.25, 0.3) is 5.91 Å². The van der Waals surface area contributed by atoms with E-state index in [2.05, 4.69) is 10.3 Å². The standard InChI is InChI=1S/C20H19N5O2/c1-11-6-3-4-7-13(11)17-10-15(19(27)25-20(21)22)14-8-5-9-16(18(14)24-17)23-12(2)26/h3-10H,1-2H3,(H,23,26)(H4,21,22,25,27). The van der Waals surface area contributed by atoms with Crippen LogP contribution in [0.5, 0.6) is 0 Å². The molecule has 27 heavy (non-hydrogen) atoms. The zero-order valence-corrected chi connectivity index (χ0v) is 15.0. The molecule has 0 aliphatic rings. The second-order valence-electron chi connectivity index (χ2n) is 6.09. The molecule has 0 aliphatic heterocycles. The van der Waals surface area contributed by atoms with E-state index in [9.17, 15) is 9.59 Å². The summed E-state index contributed by atoms with van der Waals surface area (Å²) in [6, 6.07) is 14.6. The molecule has 0 radical (unpaired) electrons. The van der Waals surface area contributed by atoms with E-state index in [1.54, 1.807) is 24.3 Å². The Balaban J connectivity index is 2.35. The number of hydrogen-bond acceptors (Lipinski definition) is 3. The fourth-order valence-corrected chi connectivity index (χ4v) is 2.89. The lowest BCUT2D eigenvalue weighted by Gasteiger charge is -2.12. The number of hydrogen-bond donors (Lipinski definition) is 3. The molecule has 0 saturated carbocycles. The van der Waals surface area contributed by atoms with Gasteiger partial charge in [0, 0.05) is 17.9 Å². The Hall–Kier alpha value is -3.74. The molecule has 2 aromatic carbocycles. The predicted octanol–water partition coefficient (Wildman–Crippen LogP) is 2.58. The summed E-state index contributed by atoms with van der Waals surface area (Å²) in [7, 11) is 0. The molecule has 0 unspecified atom stereocenters. The summed E-state index contributed by atoms with van der Waals surface area (Å²) in [5.41, 5.74) is 14.5. The van der Waals surface area contributed by atoms with Crippen LogP contribution < -0.4 is 16.8 Å². The molecule has 7 heteroatoms. The first-order valence-electron chi connectivity index (χ1n) is 8.28. The number of benzene rings is 2. The number of guanidine groups is 1. The van der Waals surface area contributed by atoms with Crippen molar-refractivity contribution in [3.05, 3.63) is 59.7 Å². The second kappa shape index (κ2) is 7.25. The first kappa shape index (κ1) is 18.1. The first-order chi connectivity index (χ1) is 12.9. The Bertz CT molecular complexity index is 1080. The summed E-state index contributed by atoms with van der Waals surface area (Å²) in [5.74, 6) is -1.12. The summed E-state index contributed by atoms with van der Waals surface area (Å²) in [5, 5.41) is 3.30.